The number of piperidine rings is 1. The number of benzene rings is 3. The number of ether oxygens (including phenoxy) is 2. The zero-order valence-corrected chi connectivity index (χ0v) is 21.5. The number of fused-ring (bicyclic) bond motifs is 1. The van der Waals surface area contributed by atoms with E-state index in [0.717, 1.165) is 23.6 Å². The van der Waals surface area contributed by atoms with Crippen molar-refractivity contribution in [1.29, 1.82) is 10.8 Å². The molecule has 2 atom stereocenters. The van der Waals surface area contributed by atoms with E-state index in [0.29, 0.717) is 35.7 Å². The molecule has 0 bridgehead atoms. The van der Waals surface area contributed by atoms with E-state index >= 15 is 0 Å². The van der Waals surface area contributed by atoms with Gasteiger partial charge in [0.05, 0.1) is 6.61 Å². The molecule has 1 aliphatic rings. The minimum atomic E-state index is -4.20. The van der Waals surface area contributed by atoms with Crippen molar-refractivity contribution in [3.63, 3.8) is 0 Å². The van der Waals surface area contributed by atoms with Gasteiger partial charge < -0.3 is 35.3 Å². The van der Waals surface area contributed by atoms with E-state index < -0.39 is 13.4 Å². The van der Waals surface area contributed by atoms with Crippen LogP contribution in [0.1, 0.15) is 36.7 Å². The first-order valence-electron chi connectivity index (χ1n) is 12.0. The van der Waals surface area contributed by atoms with Gasteiger partial charge in [-0.1, -0.05) is 30.3 Å². The third-order valence-electron chi connectivity index (χ3n) is 6.23. The van der Waals surface area contributed by atoms with Crippen molar-refractivity contribution in [2.75, 3.05) is 19.7 Å². The lowest BCUT2D eigenvalue weighted by molar-refractivity contribution is 0.130. The number of hydrogen-bond donors (Lipinski definition) is 5. The second kappa shape index (κ2) is 11.2. The molecule has 1 fully saturated rings. The molecule has 1 aliphatic heterocycles. The lowest BCUT2D eigenvalue weighted by Crippen LogP contribution is -2.44. The number of nitrogens with two attached hydrogens (primary N) is 2. The SMILES string of the molecule is CCOP(=O)(O)C(Oc1ccc2ccc(C(=N)N)cc2c1)c1ccc(OC2CCN(C(=N)N)CC2)cc1. The number of rotatable bonds is 9. The van der Waals surface area contributed by atoms with E-state index in [1.807, 2.05) is 17.0 Å². The van der Waals surface area contributed by atoms with Crippen LogP contribution in [-0.4, -0.2) is 47.4 Å². The number of hydrogen-bond acceptors (Lipinski definition) is 6. The monoisotopic (exact) mass is 525 g/mol. The molecule has 0 aliphatic carbocycles. The molecular formula is C26H32N5O5P. The summed E-state index contributed by atoms with van der Waals surface area (Å²) in [6.45, 7) is 3.02. The fraction of sp³-hybridized carbons (Fsp3) is 0.308. The van der Waals surface area contributed by atoms with Crippen LogP contribution in [0, 0.1) is 10.8 Å². The van der Waals surface area contributed by atoms with Crippen molar-refractivity contribution in [2.45, 2.75) is 31.7 Å². The maximum Gasteiger partial charge on any atom is 0.372 e. The Balaban J connectivity index is 1.54. The summed E-state index contributed by atoms with van der Waals surface area (Å²) in [4.78, 5) is 12.5. The van der Waals surface area contributed by atoms with Crippen LogP contribution in [0.25, 0.3) is 10.8 Å². The lowest BCUT2D eigenvalue weighted by atomic mass is 10.1. The van der Waals surface area contributed by atoms with Crippen LogP contribution in [0.5, 0.6) is 11.5 Å². The highest BCUT2D eigenvalue weighted by Gasteiger charge is 2.36. The van der Waals surface area contributed by atoms with Crippen LogP contribution in [0.3, 0.4) is 0 Å². The molecule has 4 rings (SSSR count). The minimum absolute atomic E-state index is 0.00152. The Kier molecular flexibility index (Phi) is 8.02. The normalized spacial score (nSPS) is 16.6. The highest BCUT2D eigenvalue weighted by molar-refractivity contribution is 7.53. The topological polar surface area (TPSA) is 168 Å². The summed E-state index contributed by atoms with van der Waals surface area (Å²) in [6, 6.07) is 17.6. The molecule has 0 amide bonds. The molecule has 0 aromatic heterocycles. The highest BCUT2D eigenvalue weighted by Crippen LogP contribution is 2.57. The Morgan fingerprint density at radius 2 is 1.68 bits per heavy atom. The van der Waals surface area contributed by atoms with Crippen molar-refractivity contribution < 1.29 is 23.5 Å². The second-order valence-electron chi connectivity index (χ2n) is 8.85. The van der Waals surface area contributed by atoms with Crippen molar-refractivity contribution in [3.05, 3.63) is 71.8 Å². The summed E-state index contributed by atoms with van der Waals surface area (Å²) in [6.07, 6.45) is 1.49. The van der Waals surface area contributed by atoms with Gasteiger partial charge >= 0.3 is 7.60 Å². The first-order chi connectivity index (χ1) is 17.7. The number of nitrogens with one attached hydrogen (secondary N) is 2. The van der Waals surface area contributed by atoms with Crippen molar-refractivity contribution in [3.8, 4) is 11.5 Å². The second-order valence-corrected chi connectivity index (χ2v) is 10.7. The zero-order valence-electron chi connectivity index (χ0n) is 20.6. The van der Waals surface area contributed by atoms with Gasteiger partial charge in [-0.15, -0.1) is 0 Å². The smallest absolute Gasteiger partial charge is 0.372 e. The number of nitrogen functional groups attached to an aromatic ring is 1. The predicted octanol–water partition coefficient (Wildman–Crippen LogP) is 4.16. The van der Waals surface area contributed by atoms with Crippen LogP contribution in [0.4, 0.5) is 0 Å². The van der Waals surface area contributed by atoms with Gasteiger partial charge in [0.15, 0.2) is 5.96 Å². The molecular weight excluding hydrogens is 493 g/mol. The van der Waals surface area contributed by atoms with Crippen LogP contribution in [0.15, 0.2) is 60.7 Å². The van der Waals surface area contributed by atoms with Gasteiger partial charge in [-0.3, -0.25) is 15.4 Å². The van der Waals surface area contributed by atoms with E-state index in [-0.39, 0.29) is 24.5 Å². The molecule has 0 spiro atoms. The molecule has 10 nitrogen and oxygen atoms in total. The average molecular weight is 526 g/mol. The molecule has 196 valence electrons. The Hall–Kier alpha value is -3.59. The molecule has 37 heavy (non-hydrogen) atoms. The fourth-order valence-electron chi connectivity index (χ4n) is 4.29. The Morgan fingerprint density at radius 3 is 2.30 bits per heavy atom. The first-order valence-corrected chi connectivity index (χ1v) is 13.7. The Bertz CT molecular complexity index is 1320. The molecule has 2 unspecified atom stereocenters. The van der Waals surface area contributed by atoms with Crippen LogP contribution >= 0.6 is 7.60 Å². The number of nitrogens with zero attached hydrogens (tertiary/aromatic N) is 1. The largest absolute Gasteiger partial charge is 0.490 e. The van der Waals surface area contributed by atoms with E-state index in [1.165, 1.54) is 0 Å². The van der Waals surface area contributed by atoms with Gasteiger partial charge in [0, 0.05) is 37.1 Å². The van der Waals surface area contributed by atoms with Gasteiger partial charge in [-0.25, -0.2) is 0 Å². The highest BCUT2D eigenvalue weighted by atomic mass is 31.2. The number of guanidine groups is 1. The lowest BCUT2D eigenvalue weighted by Gasteiger charge is -2.32. The van der Waals surface area contributed by atoms with Crippen molar-refractivity contribution >= 4 is 30.2 Å². The standard InChI is InChI=1S/C26H32N5O5P/c1-2-34-37(32,33)25(36-23-10-5-17-3-4-19(24(27)28)15-20(17)16-23)18-6-8-21(9-7-18)35-22-11-13-31(14-12-22)26(29)30/h3-10,15-16,22,25H,2,11-14H2,1H3,(H3,27,28)(H3,29,30)(H,32,33). The summed E-state index contributed by atoms with van der Waals surface area (Å²) in [5, 5.41) is 16.9. The molecule has 1 saturated heterocycles. The average Bonchev–Trinajstić information content (AvgIpc) is 2.87. The Morgan fingerprint density at radius 1 is 1.03 bits per heavy atom. The molecule has 1 heterocycles. The van der Waals surface area contributed by atoms with Gasteiger partial charge in [0.2, 0.25) is 5.85 Å². The van der Waals surface area contributed by atoms with E-state index in [2.05, 4.69) is 0 Å². The van der Waals surface area contributed by atoms with E-state index in [4.69, 9.17) is 36.3 Å². The molecule has 0 radical (unpaired) electrons. The maximum atomic E-state index is 13.1. The van der Waals surface area contributed by atoms with Crippen molar-refractivity contribution in [1.82, 2.24) is 4.90 Å². The van der Waals surface area contributed by atoms with Crippen LogP contribution in [-0.2, 0) is 9.09 Å². The van der Waals surface area contributed by atoms with Gasteiger partial charge in [0.25, 0.3) is 0 Å². The molecule has 3 aromatic rings. The molecule has 7 N–H and O–H groups in total. The molecule has 0 saturated carbocycles. The van der Waals surface area contributed by atoms with Gasteiger partial charge in [-0.05, 0) is 48.0 Å². The maximum absolute atomic E-state index is 13.1. The summed E-state index contributed by atoms with van der Waals surface area (Å²) >= 11 is 0. The predicted molar refractivity (Wildman–Crippen MR) is 143 cm³/mol. The van der Waals surface area contributed by atoms with E-state index in [9.17, 15) is 9.46 Å². The minimum Gasteiger partial charge on any atom is -0.490 e. The van der Waals surface area contributed by atoms with Gasteiger partial charge in [-0.2, -0.15) is 0 Å². The number of amidine groups is 1. The zero-order chi connectivity index (χ0) is 26.6. The molecule has 3 aromatic carbocycles. The van der Waals surface area contributed by atoms with E-state index in [1.54, 1.807) is 55.5 Å². The third kappa shape index (κ3) is 6.40. The van der Waals surface area contributed by atoms with Crippen LogP contribution in [0.2, 0.25) is 0 Å². The van der Waals surface area contributed by atoms with Crippen molar-refractivity contribution in [2.24, 2.45) is 11.5 Å². The molecule has 11 heteroatoms. The summed E-state index contributed by atoms with van der Waals surface area (Å²) in [5.74, 6) is -0.217. The first kappa shape index (κ1) is 26.5. The summed E-state index contributed by atoms with van der Waals surface area (Å²) in [5.41, 5.74) is 12.2. The summed E-state index contributed by atoms with van der Waals surface area (Å²) in [7, 11) is -4.20. The fourth-order valence-corrected chi connectivity index (χ4v) is 5.60. The third-order valence-corrected chi connectivity index (χ3v) is 7.86. The number of likely N-dealkylation sites (tertiary alicyclic amines) is 1. The van der Waals surface area contributed by atoms with Crippen LogP contribution < -0.4 is 20.9 Å². The summed E-state index contributed by atoms with van der Waals surface area (Å²) < 4.78 is 30.5. The van der Waals surface area contributed by atoms with Gasteiger partial charge in [0.1, 0.15) is 23.4 Å². The quantitative estimate of drug-likeness (QED) is 0.158. The Labute approximate surface area is 215 Å².